The molecule has 3 N–H and O–H groups in total. The minimum absolute atomic E-state index is 0.0683. The van der Waals surface area contributed by atoms with Crippen molar-refractivity contribution in [2.45, 2.75) is 32.4 Å². The monoisotopic (exact) mass is 359 g/mol. The van der Waals surface area contributed by atoms with Crippen molar-refractivity contribution < 1.29 is 9.53 Å². The largest absolute Gasteiger partial charge is 0.494 e. The Morgan fingerprint density at radius 3 is 2.68 bits per heavy atom. The van der Waals surface area contributed by atoms with Crippen molar-refractivity contribution in [3.63, 3.8) is 0 Å². The van der Waals surface area contributed by atoms with Crippen LogP contribution in [0.4, 0.5) is 5.69 Å². The maximum absolute atomic E-state index is 12.5. The fourth-order valence-electron chi connectivity index (χ4n) is 2.91. The number of amides is 1. The molecular formula is C19H22ClN3O2. The zero-order chi connectivity index (χ0) is 17.8. The van der Waals surface area contributed by atoms with Gasteiger partial charge in [0.2, 0.25) is 5.91 Å². The van der Waals surface area contributed by atoms with E-state index in [9.17, 15) is 4.79 Å². The minimum Gasteiger partial charge on any atom is -0.494 e. The van der Waals surface area contributed by atoms with E-state index < -0.39 is 0 Å². The van der Waals surface area contributed by atoms with Crippen LogP contribution in [0, 0.1) is 6.92 Å². The molecule has 0 bridgehead atoms. The van der Waals surface area contributed by atoms with Gasteiger partial charge in [0.1, 0.15) is 11.8 Å². The van der Waals surface area contributed by atoms with E-state index in [1.807, 2.05) is 50.2 Å². The van der Waals surface area contributed by atoms with Crippen molar-refractivity contribution in [3.8, 4) is 5.75 Å². The SMILES string of the molecule is CCOc1ccc(C2CC(C(=O)Nc3c(C)cccc3Cl)NN2)cc1. The number of aryl methyl sites for hydroxylation is 1. The van der Waals surface area contributed by atoms with Crippen LogP contribution in [0.5, 0.6) is 5.75 Å². The smallest absolute Gasteiger partial charge is 0.242 e. The van der Waals surface area contributed by atoms with Gasteiger partial charge in [-0.15, -0.1) is 0 Å². The summed E-state index contributed by atoms with van der Waals surface area (Å²) in [7, 11) is 0. The molecule has 0 aliphatic carbocycles. The number of rotatable bonds is 5. The van der Waals surface area contributed by atoms with E-state index in [0.29, 0.717) is 23.7 Å². The van der Waals surface area contributed by atoms with Crippen LogP contribution in [0.2, 0.25) is 5.02 Å². The molecule has 0 saturated carbocycles. The molecule has 2 unspecified atom stereocenters. The number of nitrogens with one attached hydrogen (secondary N) is 3. The summed E-state index contributed by atoms with van der Waals surface area (Å²) < 4.78 is 5.46. The number of carbonyl (C=O) groups excluding carboxylic acids is 1. The van der Waals surface area contributed by atoms with E-state index in [-0.39, 0.29) is 18.0 Å². The number of hydrogen-bond donors (Lipinski definition) is 3. The Morgan fingerprint density at radius 2 is 2.00 bits per heavy atom. The quantitative estimate of drug-likeness (QED) is 0.763. The van der Waals surface area contributed by atoms with Crippen molar-refractivity contribution >= 4 is 23.2 Å². The number of hydrazine groups is 1. The molecule has 2 atom stereocenters. The molecule has 132 valence electrons. The fraction of sp³-hybridized carbons (Fsp3) is 0.316. The third kappa shape index (κ3) is 4.12. The Morgan fingerprint density at radius 1 is 1.24 bits per heavy atom. The second kappa shape index (κ2) is 7.87. The lowest BCUT2D eigenvalue weighted by molar-refractivity contribution is -0.117. The molecule has 0 spiro atoms. The lowest BCUT2D eigenvalue weighted by Crippen LogP contribution is -2.39. The van der Waals surface area contributed by atoms with Gasteiger partial charge in [-0.05, 0) is 49.6 Å². The van der Waals surface area contributed by atoms with Crippen molar-refractivity contribution in [3.05, 3.63) is 58.6 Å². The van der Waals surface area contributed by atoms with Crippen molar-refractivity contribution in [2.24, 2.45) is 0 Å². The molecule has 2 aromatic rings. The van der Waals surface area contributed by atoms with Crippen LogP contribution < -0.4 is 20.9 Å². The molecule has 1 fully saturated rings. The lowest BCUT2D eigenvalue weighted by Gasteiger charge is -2.14. The van der Waals surface area contributed by atoms with E-state index in [0.717, 1.165) is 16.9 Å². The molecule has 2 aromatic carbocycles. The zero-order valence-electron chi connectivity index (χ0n) is 14.3. The summed E-state index contributed by atoms with van der Waals surface area (Å²) in [6.07, 6.45) is 0.656. The lowest BCUT2D eigenvalue weighted by atomic mass is 10.0. The predicted molar refractivity (Wildman–Crippen MR) is 99.8 cm³/mol. The molecule has 5 nitrogen and oxygen atoms in total. The van der Waals surface area contributed by atoms with Gasteiger partial charge in [0, 0.05) is 6.04 Å². The van der Waals surface area contributed by atoms with Crippen LogP contribution in [0.3, 0.4) is 0 Å². The number of carbonyl (C=O) groups is 1. The van der Waals surface area contributed by atoms with E-state index in [1.54, 1.807) is 6.07 Å². The summed E-state index contributed by atoms with van der Waals surface area (Å²) in [6.45, 7) is 4.52. The van der Waals surface area contributed by atoms with E-state index in [4.69, 9.17) is 16.3 Å². The van der Waals surface area contributed by atoms with Gasteiger partial charge in [0.25, 0.3) is 0 Å². The van der Waals surface area contributed by atoms with Crippen LogP contribution in [-0.2, 0) is 4.79 Å². The van der Waals surface area contributed by atoms with E-state index in [2.05, 4.69) is 16.2 Å². The third-order valence-electron chi connectivity index (χ3n) is 4.28. The normalized spacial score (nSPS) is 19.6. The summed E-state index contributed by atoms with van der Waals surface area (Å²) in [4.78, 5) is 12.5. The molecule has 25 heavy (non-hydrogen) atoms. The second-order valence-corrected chi connectivity index (χ2v) is 6.46. The highest BCUT2D eigenvalue weighted by molar-refractivity contribution is 6.34. The maximum Gasteiger partial charge on any atom is 0.242 e. The molecular weight excluding hydrogens is 338 g/mol. The molecule has 0 aromatic heterocycles. The van der Waals surface area contributed by atoms with Crippen molar-refractivity contribution in [2.75, 3.05) is 11.9 Å². The van der Waals surface area contributed by atoms with Crippen LogP contribution in [-0.4, -0.2) is 18.6 Å². The molecule has 1 aliphatic heterocycles. The standard InChI is InChI=1S/C19H22ClN3O2/c1-3-25-14-9-7-13(8-10-14)16-11-17(23-22-16)19(24)21-18-12(2)5-4-6-15(18)20/h4-10,16-17,22-23H,3,11H2,1-2H3,(H,21,24). The van der Waals surface area contributed by atoms with Gasteiger partial charge < -0.3 is 10.1 Å². The van der Waals surface area contributed by atoms with Gasteiger partial charge in [-0.3, -0.25) is 4.79 Å². The molecule has 1 saturated heterocycles. The van der Waals surface area contributed by atoms with Gasteiger partial charge in [-0.2, -0.15) is 0 Å². The summed E-state index contributed by atoms with van der Waals surface area (Å²) in [5.41, 5.74) is 8.97. The maximum atomic E-state index is 12.5. The Labute approximate surface area is 152 Å². The minimum atomic E-state index is -0.327. The van der Waals surface area contributed by atoms with E-state index in [1.165, 1.54) is 0 Å². The summed E-state index contributed by atoms with van der Waals surface area (Å²) >= 11 is 6.18. The van der Waals surface area contributed by atoms with Gasteiger partial charge >= 0.3 is 0 Å². The van der Waals surface area contributed by atoms with Crippen molar-refractivity contribution in [1.29, 1.82) is 0 Å². The van der Waals surface area contributed by atoms with Gasteiger partial charge in [0.15, 0.2) is 0 Å². The van der Waals surface area contributed by atoms with Gasteiger partial charge in [0.05, 0.1) is 17.3 Å². The molecule has 1 amide bonds. The number of para-hydroxylation sites is 1. The number of halogens is 1. The first kappa shape index (κ1) is 17.7. The fourth-order valence-corrected chi connectivity index (χ4v) is 3.18. The molecule has 6 heteroatoms. The average molecular weight is 360 g/mol. The van der Waals surface area contributed by atoms with Crippen LogP contribution in [0.25, 0.3) is 0 Å². The van der Waals surface area contributed by atoms with Crippen LogP contribution in [0.15, 0.2) is 42.5 Å². The summed E-state index contributed by atoms with van der Waals surface area (Å²) in [6, 6.07) is 13.2. The van der Waals surface area contributed by atoms with Gasteiger partial charge in [-0.25, -0.2) is 10.9 Å². The highest BCUT2D eigenvalue weighted by Gasteiger charge is 2.30. The first-order valence-electron chi connectivity index (χ1n) is 8.38. The molecule has 3 rings (SSSR count). The summed E-state index contributed by atoms with van der Waals surface area (Å²) in [5.74, 6) is 0.748. The number of anilines is 1. The van der Waals surface area contributed by atoms with Crippen LogP contribution >= 0.6 is 11.6 Å². The highest BCUT2D eigenvalue weighted by Crippen LogP contribution is 2.28. The molecule has 1 heterocycles. The zero-order valence-corrected chi connectivity index (χ0v) is 15.1. The second-order valence-electron chi connectivity index (χ2n) is 6.05. The number of ether oxygens (including phenoxy) is 1. The predicted octanol–water partition coefficient (Wildman–Crippen LogP) is 3.59. The highest BCUT2D eigenvalue weighted by atomic mass is 35.5. The third-order valence-corrected chi connectivity index (χ3v) is 4.60. The molecule has 1 aliphatic rings. The van der Waals surface area contributed by atoms with E-state index >= 15 is 0 Å². The number of benzene rings is 2. The Kier molecular flexibility index (Phi) is 5.58. The average Bonchev–Trinajstić information content (AvgIpc) is 3.09. The molecule has 0 radical (unpaired) electrons. The first-order valence-corrected chi connectivity index (χ1v) is 8.76. The Balaban J connectivity index is 1.63. The van der Waals surface area contributed by atoms with Gasteiger partial charge in [-0.1, -0.05) is 35.9 Å². The topological polar surface area (TPSA) is 62.4 Å². The van der Waals surface area contributed by atoms with Crippen LogP contribution in [0.1, 0.15) is 30.5 Å². The number of hydrogen-bond acceptors (Lipinski definition) is 4. The summed E-state index contributed by atoms with van der Waals surface area (Å²) in [5, 5.41) is 3.47. The Bertz CT molecular complexity index is 729. The first-order chi connectivity index (χ1) is 12.1. The Hall–Kier alpha value is -2.08. The van der Waals surface area contributed by atoms with Crippen molar-refractivity contribution in [1.82, 2.24) is 10.9 Å².